The fourth-order valence-electron chi connectivity index (χ4n) is 9.02. The Morgan fingerprint density at radius 2 is 2.08 bits per heavy atom. The monoisotopic (exact) mass is 672 g/mol. The van der Waals surface area contributed by atoms with Crippen molar-refractivity contribution in [3.8, 4) is 11.9 Å². The summed E-state index contributed by atoms with van der Waals surface area (Å²) in [5.74, 6) is -0.862. The topological polar surface area (TPSA) is 126 Å². The normalized spacial score (nSPS) is 26.0. The number of ether oxygens (including phenoxy) is 2. The van der Waals surface area contributed by atoms with Gasteiger partial charge in [0, 0.05) is 63.4 Å². The minimum absolute atomic E-state index is 0.0926. The van der Waals surface area contributed by atoms with E-state index in [1.165, 1.54) is 4.90 Å². The van der Waals surface area contributed by atoms with E-state index in [0.29, 0.717) is 85.8 Å². The molecule has 2 saturated heterocycles. The van der Waals surface area contributed by atoms with Crippen LogP contribution in [0.25, 0.3) is 0 Å². The van der Waals surface area contributed by atoms with Crippen molar-refractivity contribution in [2.75, 3.05) is 51.0 Å². The molecule has 2 aromatic heterocycles. The smallest absolute Gasteiger partial charge is 0.273 e. The van der Waals surface area contributed by atoms with Crippen LogP contribution in [0.1, 0.15) is 82.7 Å². The van der Waals surface area contributed by atoms with Crippen LogP contribution >= 0.6 is 0 Å². The molecule has 2 N–H and O–H groups in total. The number of hydrogen-bond donors (Lipinski definition) is 1. The third-order valence-corrected chi connectivity index (χ3v) is 11.3. The fourth-order valence-corrected chi connectivity index (χ4v) is 9.02. The van der Waals surface area contributed by atoms with Crippen LogP contribution in [-0.4, -0.2) is 82.5 Å². The zero-order valence-corrected chi connectivity index (χ0v) is 28.1. The van der Waals surface area contributed by atoms with Gasteiger partial charge in [0.2, 0.25) is 5.82 Å². The Bertz CT molecular complexity index is 1870. The highest BCUT2D eigenvalue weighted by molar-refractivity contribution is 5.92. The van der Waals surface area contributed by atoms with Gasteiger partial charge in [-0.15, -0.1) is 0 Å². The van der Waals surface area contributed by atoms with Crippen molar-refractivity contribution in [2.24, 2.45) is 0 Å². The summed E-state index contributed by atoms with van der Waals surface area (Å²) >= 11 is 0. The molecule has 0 saturated carbocycles. The van der Waals surface area contributed by atoms with Crippen LogP contribution in [0, 0.1) is 17.1 Å². The number of benzene rings is 1. The minimum Gasteiger partial charge on any atom is -0.474 e. The Morgan fingerprint density at radius 3 is 2.90 bits per heavy atom. The number of pyridine rings is 1. The number of aryl methyl sites for hydroxylation is 2. The van der Waals surface area contributed by atoms with E-state index in [4.69, 9.17) is 20.2 Å². The summed E-state index contributed by atoms with van der Waals surface area (Å²) in [5.41, 5.74) is 10.5. The number of nitrogens with zero attached hydrogens (tertiary/aromatic N) is 7. The lowest BCUT2D eigenvalue weighted by Gasteiger charge is -2.43. The van der Waals surface area contributed by atoms with E-state index in [2.05, 4.69) is 16.1 Å². The Kier molecular flexibility index (Phi) is 7.79. The molecule has 4 aliphatic heterocycles. The van der Waals surface area contributed by atoms with Crippen molar-refractivity contribution in [1.82, 2.24) is 24.6 Å². The maximum atomic E-state index is 17.0. The number of rotatable bonds is 5. The molecule has 13 heteroatoms. The van der Waals surface area contributed by atoms with E-state index in [0.717, 1.165) is 49.0 Å². The molecule has 8 rings (SSSR count). The molecule has 3 aromatic rings. The van der Waals surface area contributed by atoms with Gasteiger partial charge in [0.05, 0.1) is 41.3 Å². The first-order chi connectivity index (χ1) is 23.6. The number of carbonyl (C=O) groups excluding carboxylic acids is 1. The van der Waals surface area contributed by atoms with Crippen LogP contribution in [-0.2, 0) is 42.9 Å². The summed E-state index contributed by atoms with van der Waals surface area (Å²) in [6.07, 6.45) is 4.52. The zero-order valence-electron chi connectivity index (χ0n) is 28.1. The molecular formula is C36H42F2N8O3. The summed E-state index contributed by atoms with van der Waals surface area (Å²) in [6, 6.07) is 7.86. The lowest BCUT2D eigenvalue weighted by atomic mass is 9.72. The van der Waals surface area contributed by atoms with E-state index >= 15 is 4.39 Å². The first-order valence-corrected chi connectivity index (χ1v) is 17.3. The molecule has 1 spiro atoms. The Labute approximate surface area is 284 Å². The third-order valence-electron chi connectivity index (χ3n) is 11.3. The maximum Gasteiger partial charge on any atom is 0.273 e. The Balaban J connectivity index is 1.21. The highest BCUT2D eigenvalue weighted by Gasteiger charge is 2.50. The lowest BCUT2D eigenvalue weighted by molar-refractivity contribution is -0.0856. The van der Waals surface area contributed by atoms with Crippen molar-refractivity contribution >= 4 is 17.3 Å². The average Bonchev–Trinajstić information content (AvgIpc) is 3.71. The van der Waals surface area contributed by atoms with Gasteiger partial charge in [-0.25, -0.2) is 9.37 Å². The molecule has 49 heavy (non-hydrogen) atoms. The zero-order chi connectivity index (χ0) is 34.1. The molecule has 0 radical (unpaired) electrons. The predicted molar refractivity (Wildman–Crippen MR) is 177 cm³/mol. The largest absolute Gasteiger partial charge is 0.474 e. The van der Waals surface area contributed by atoms with Gasteiger partial charge in [0.15, 0.2) is 5.69 Å². The molecule has 1 aromatic carbocycles. The number of fused-ring (bicyclic) bond motifs is 5. The van der Waals surface area contributed by atoms with Crippen molar-refractivity contribution in [3.05, 3.63) is 63.4 Å². The molecule has 11 nitrogen and oxygen atoms in total. The molecule has 1 aliphatic carbocycles. The molecule has 258 valence electrons. The van der Waals surface area contributed by atoms with Gasteiger partial charge < -0.3 is 25.0 Å². The second kappa shape index (κ2) is 11.9. The number of aromatic nitrogens is 3. The third kappa shape index (κ3) is 5.22. The molecule has 3 atom stereocenters. The molecule has 6 heterocycles. The van der Waals surface area contributed by atoms with Crippen molar-refractivity contribution in [2.45, 2.75) is 88.4 Å². The van der Waals surface area contributed by atoms with Crippen LogP contribution in [0.3, 0.4) is 0 Å². The van der Waals surface area contributed by atoms with Gasteiger partial charge >= 0.3 is 0 Å². The summed E-state index contributed by atoms with van der Waals surface area (Å²) in [5, 5.41) is 14.7. The van der Waals surface area contributed by atoms with E-state index in [9.17, 15) is 14.4 Å². The van der Waals surface area contributed by atoms with Gasteiger partial charge in [-0.1, -0.05) is 6.07 Å². The minimum atomic E-state index is -0.933. The molecule has 1 amide bonds. The van der Waals surface area contributed by atoms with Crippen LogP contribution in [0.2, 0.25) is 0 Å². The van der Waals surface area contributed by atoms with Crippen LogP contribution in [0.5, 0.6) is 5.88 Å². The number of amides is 1. The SMILES string of the molecule is CN(C)C(=O)c1cc2n(n1)CCCN(c1c(F)c(OCC34CCCN3CC(F)C4)nc3c1COC1(CCCc4ccc(N)c(C#N)c41)C3)C2. The number of anilines is 2. The second-order valence-corrected chi connectivity index (χ2v) is 14.6. The lowest BCUT2D eigenvalue weighted by Crippen LogP contribution is -2.44. The fraction of sp³-hybridized carbons (Fsp3) is 0.556. The van der Waals surface area contributed by atoms with Crippen LogP contribution < -0.4 is 15.4 Å². The summed E-state index contributed by atoms with van der Waals surface area (Å²) in [7, 11) is 3.38. The van der Waals surface area contributed by atoms with Crippen molar-refractivity contribution in [1.29, 1.82) is 5.26 Å². The second-order valence-electron chi connectivity index (χ2n) is 14.6. The summed E-state index contributed by atoms with van der Waals surface area (Å²) < 4.78 is 46.6. The van der Waals surface area contributed by atoms with E-state index in [1.807, 2.05) is 15.6 Å². The van der Waals surface area contributed by atoms with Crippen LogP contribution in [0.15, 0.2) is 18.2 Å². The number of nitrogens with two attached hydrogens (primary N) is 1. The van der Waals surface area contributed by atoms with Gasteiger partial charge in [-0.05, 0) is 62.8 Å². The average molecular weight is 673 g/mol. The van der Waals surface area contributed by atoms with Gasteiger partial charge in [-0.2, -0.15) is 14.8 Å². The molecule has 3 unspecified atom stereocenters. The molecule has 0 bridgehead atoms. The van der Waals surface area contributed by atoms with Gasteiger partial charge in [0.1, 0.15) is 24.4 Å². The summed E-state index contributed by atoms with van der Waals surface area (Å²) in [6.45, 7) is 2.87. The standard InChI is InChI=1S/C36H42F2N8O3/c1-43(2)34(47)28-14-24-19-44(11-5-13-46(24)42-28)32-26-20-49-36(10-3-6-22-7-8-27(40)25(17-39)30(22)36)16-29(26)41-33(31(32)38)48-21-35-9-4-12-45(35)18-23(37)15-35/h7-8,14,23H,3-6,9-13,15-16,18-21,40H2,1-2H3. The number of alkyl halides is 1. The number of hydrogen-bond acceptors (Lipinski definition) is 9. The van der Waals surface area contributed by atoms with E-state index in [1.54, 1.807) is 26.2 Å². The Hall–Kier alpha value is -4.28. The molecule has 2 fully saturated rings. The Morgan fingerprint density at radius 1 is 1.22 bits per heavy atom. The molecular weight excluding hydrogens is 630 g/mol. The number of nitrogen functional groups attached to an aromatic ring is 1. The number of halogens is 2. The first kappa shape index (κ1) is 32.0. The maximum absolute atomic E-state index is 17.0. The predicted octanol–water partition coefficient (Wildman–Crippen LogP) is 4.24. The van der Waals surface area contributed by atoms with Crippen LogP contribution in [0.4, 0.5) is 20.2 Å². The number of nitriles is 1. The quantitative estimate of drug-likeness (QED) is 0.396. The number of carbonyl (C=O) groups is 1. The van der Waals surface area contributed by atoms with E-state index < -0.39 is 23.1 Å². The highest BCUT2D eigenvalue weighted by Crippen LogP contribution is 2.49. The highest BCUT2D eigenvalue weighted by atomic mass is 19.1. The molecule has 5 aliphatic rings. The van der Waals surface area contributed by atoms with Gasteiger partial charge in [0.25, 0.3) is 11.8 Å². The first-order valence-electron chi connectivity index (χ1n) is 17.3. The van der Waals surface area contributed by atoms with Crippen molar-refractivity contribution < 1.29 is 23.0 Å². The summed E-state index contributed by atoms with van der Waals surface area (Å²) in [4.78, 5) is 23.2. The van der Waals surface area contributed by atoms with Gasteiger partial charge in [-0.3, -0.25) is 14.4 Å². The van der Waals surface area contributed by atoms with E-state index in [-0.39, 0.29) is 25.0 Å². The van der Waals surface area contributed by atoms with Crippen molar-refractivity contribution in [3.63, 3.8) is 0 Å².